The summed E-state index contributed by atoms with van der Waals surface area (Å²) >= 11 is 0. The van der Waals surface area contributed by atoms with Crippen LogP contribution in [0.4, 0.5) is 5.69 Å². The minimum absolute atomic E-state index is 0.0354. The first kappa shape index (κ1) is 27.4. The summed E-state index contributed by atoms with van der Waals surface area (Å²) in [6.07, 6.45) is 0.973. The molecule has 1 saturated carbocycles. The predicted molar refractivity (Wildman–Crippen MR) is 141 cm³/mol. The highest BCUT2D eigenvalue weighted by molar-refractivity contribution is 6.24. The van der Waals surface area contributed by atoms with E-state index >= 15 is 0 Å². The minimum Gasteiger partial charge on any atom is -0.510 e. The lowest BCUT2D eigenvalue weighted by molar-refractivity contribution is -0.153. The van der Waals surface area contributed by atoms with Gasteiger partial charge in [-0.05, 0) is 49.3 Å². The number of carbonyl (C=O) groups is 4. The molecule has 4 atom stereocenters. The maximum Gasteiger partial charge on any atom is 0.282 e. The second-order valence-electron chi connectivity index (χ2n) is 10.2. The van der Waals surface area contributed by atoms with Crippen LogP contribution in [-0.4, -0.2) is 51.1 Å². The minimum atomic E-state index is -0.909. The molecule has 1 fully saturated rings. The molecule has 208 valence electrons. The van der Waals surface area contributed by atoms with E-state index in [1.54, 1.807) is 13.0 Å². The van der Waals surface area contributed by atoms with E-state index in [4.69, 9.17) is 4.74 Å². The number of rotatable bonds is 8. The number of hydrogen-bond donors (Lipinski definition) is 3. The summed E-state index contributed by atoms with van der Waals surface area (Å²) in [5.41, 5.74) is 3.65. The van der Waals surface area contributed by atoms with Crippen LogP contribution >= 0.6 is 0 Å². The van der Waals surface area contributed by atoms with Crippen LogP contribution in [0.15, 0.2) is 64.1 Å². The van der Waals surface area contributed by atoms with Gasteiger partial charge in [-0.1, -0.05) is 43.3 Å². The SMILES string of the molecule is CCC(O)OC1CCC2C(=O)C(N=Nc3ccc(Cc4ccccc4)c4c3C(=O)N(NC(C)=O)C4=O)=C(O)C2C1. The fraction of sp³-hybridized carbons (Fsp3) is 0.379. The van der Waals surface area contributed by atoms with Gasteiger partial charge in [0, 0.05) is 18.8 Å². The van der Waals surface area contributed by atoms with Crippen molar-refractivity contribution in [3.8, 4) is 0 Å². The van der Waals surface area contributed by atoms with Crippen LogP contribution in [0, 0.1) is 11.8 Å². The molecule has 2 aromatic carbocycles. The highest BCUT2D eigenvalue weighted by Gasteiger charge is 2.47. The topological polar surface area (TPSA) is 158 Å². The molecule has 3 N–H and O–H groups in total. The first-order valence-corrected chi connectivity index (χ1v) is 13.3. The molecule has 5 rings (SSSR count). The van der Waals surface area contributed by atoms with E-state index in [1.165, 1.54) is 13.0 Å². The molecule has 3 amide bonds. The number of ketones is 1. The van der Waals surface area contributed by atoms with E-state index in [1.807, 2.05) is 30.3 Å². The molecule has 3 aliphatic rings. The van der Waals surface area contributed by atoms with Gasteiger partial charge in [-0.25, -0.2) is 0 Å². The number of aliphatic hydroxyl groups is 2. The Morgan fingerprint density at radius 1 is 1.05 bits per heavy atom. The molecule has 0 saturated heterocycles. The highest BCUT2D eigenvalue weighted by atomic mass is 16.6. The van der Waals surface area contributed by atoms with Crippen molar-refractivity contribution in [2.45, 2.75) is 58.3 Å². The van der Waals surface area contributed by atoms with E-state index in [-0.39, 0.29) is 40.2 Å². The molecule has 0 radical (unpaired) electrons. The molecule has 0 spiro atoms. The molecule has 4 unspecified atom stereocenters. The van der Waals surface area contributed by atoms with Gasteiger partial charge in [0.25, 0.3) is 11.8 Å². The van der Waals surface area contributed by atoms with Crippen molar-refractivity contribution in [1.82, 2.24) is 10.4 Å². The zero-order chi connectivity index (χ0) is 28.6. The quantitative estimate of drug-likeness (QED) is 0.257. The van der Waals surface area contributed by atoms with Crippen molar-refractivity contribution in [3.05, 3.63) is 76.2 Å². The Labute approximate surface area is 230 Å². The fourth-order valence-electron chi connectivity index (χ4n) is 5.59. The number of nitrogens with zero attached hydrogens (tertiary/aromatic N) is 3. The van der Waals surface area contributed by atoms with Crippen molar-refractivity contribution in [2.24, 2.45) is 22.1 Å². The molecule has 0 aromatic heterocycles. The van der Waals surface area contributed by atoms with Gasteiger partial charge in [0.2, 0.25) is 5.91 Å². The lowest BCUT2D eigenvalue weighted by Crippen LogP contribution is -2.44. The van der Waals surface area contributed by atoms with Crippen molar-refractivity contribution >= 4 is 29.2 Å². The van der Waals surface area contributed by atoms with Crippen LogP contribution in [0.2, 0.25) is 0 Å². The second-order valence-corrected chi connectivity index (χ2v) is 10.2. The predicted octanol–water partition coefficient (Wildman–Crippen LogP) is 3.89. The average Bonchev–Trinajstić information content (AvgIpc) is 3.33. The molecule has 11 nitrogen and oxygen atoms in total. The monoisotopic (exact) mass is 546 g/mol. The number of allylic oxidation sites excluding steroid dienone is 2. The largest absolute Gasteiger partial charge is 0.510 e. The lowest BCUT2D eigenvalue weighted by Gasteiger charge is -2.31. The molecule has 1 heterocycles. The Morgan fingerprint density at radius 3 is 2.48 bits per heavy atom. The lowest BCUT2D eigenvalue weighted by atomic mass is 9.79. The van der Waals surface area contributed by atoms with E-state index in [2.05, 4.69) is 15.7 Å². The van der Waals surface area contributed by atoms with Crippen LogP contribution in [-0.2, 0) is 20.7 Å². The third kappa shape index (κ3) is 5.05. The number of Topliss-reactive ketones (excluding diaryl/α,β-unsaturated/α-hetero) is 1. The maximum absolute atomic E-state index is 13.3. The maximum atomic E-state index is 13.3. The first-order chi connectivity index (χ1) is 19.2. The van der Waals surface area contributed by atoms with E-state index in [9.17, 15) is 29.4 Å². The first-order valence-electron chi connectivity index (χ1n) is 13.3. The van der Waals surface area contributed by atoms with Gasteiger partial charge in [0.1, 0.15) is 5.76 Å². The molecular formula is C29H30N4O7. The number of carbonyl (C=O) groups excluding carboxylic acids is 4. The molecule has 2 aromatic rings. The molecule has 1 aliphatic heterocycles. The Hall–Kier alpha value is -4.22. The Bertz CT molecular complexity index is 1440. The standard InChI is InChI=1S/C29H30N4O7/c1-3-22(35)40-18-10-11-19-20(14-18)27(37)25(26(19)36)31-30-21-12-9-17(13-16-7-5-4-6-8-16)23-24(21)29(39)33(28(23)38)32-15(2)34/h4-9,12,18-20,22,35,37H,3,10-11,13-14H2,1-2H3,(H,32,34). The molecule has 2 aliphatic carbocycles. The number of benzene rings is 2. The molecule has 40 heavy (non-hydrogen) atoms. The van der Waals surface area contributed by atoms with Crippen molar-refractivity contribution in [2.75, 3.05) is 0 Å². The summed E-state index contributed by atoms with van der Waals surface area (Å²) < 4.78 is 5.61. The van der Waals surface area contributed by atoms with Crippen molar-refractivity contribution in [3.63, 3.8) is 0 Å². The Morgan fingerprint density at radius 2 is 1.77 bits per heavy atom. The third-order valence-electron chi connectivity index (χ3n) is 7.53. The summed E-state index contributed by atoms with van der Waals surface area (Å²) in [5, 5.41) is 29.6. The normalized spacial score (nSPS) is 23.1. The van der Waals surface area contributed by atoms with Crippen LogP contribution in [0.3, 0.4) is 0 Å². The fourth-order valence-corrected chi connectivity index (χ4v) is 5.59. The van der Waals surface area contributed by atoms with E-state index in [0.717, 1.165) is 5.56 Å². The summed E-state index contributed by atoms with van der Waals surface area (Å²) in [4.78, 5) is 51.3. The number of nitrogens with one attached hydrogen (secondary N) is 1. The van der Waals surface area contributed by atoms with Gasteiger partial charge in [0.15, 0.2) is 17.8 Å². The van der Waals surface area contributed by atoms with E-state index < -0.39 is 35.8 Å². The summed E-state index contributed by atoms with van der Waals surface area (Å²) in [5.74, 6) is -3.56. The van der Waals surface area contributed by atoms with Gasteiger partial charge in [0.05, 0.1) is 22.9 Å². The number of azo groups is 1. The van der Waals surface area contributed by atoms with Crippen molar-refractivity contribution < 1.29 is 34.1 Å². The number of aliphatic hydroxyl groups excluding tert-OH is 2. The van der Waals surface area contributed by atoms with Crippen LogP contribution in [0.5, 0.6) is 0 Å². The van der Waals surface area contributed by atoms with E-state index in [0.29, 0.717) is 42.7 Å². The van der Waals surface area contributed by atoms with Gasteiger partial charge in [-0.3, -0.25) is 24.6 Å². The van der Waals surface area contributed by atoms with Gasteiger partial charge in [-0.15, -0.1) is 10.2 Å². The third-order valence-corrected chi connectivity index (χ3v) is 7.53. The summed E-state index contributed by atoms with van der Waals surface area (Å²) in [7, 11) is 0. The average molecular weight is 547 g/mol. The molecule has 11 heteroatoms. The van der Waals surface area contributed by atoms with Crippen molar-refractivity contribution in [1.29, 1.82) is 0 Å². The van der Waals surface area contributed by atoms with Gasteiger partial charge in [-0.2, -0.15) is 5.01 Å². The Balaban J connectivity index is 1.47. The van der Waals surface area contributed by atoms with Crippen LogP contribution < -0.4 is 5.43 Å². The zero-order valence-corrected chi connectivity index (χ0v) is 22.2. The van der Waals surface area contributed by atoms with Crippen LogP contribution in [0.25, 0.3) is 0 Å². The van der Waals surface area contributed by atoms with Crippen LogP contribution in [0.1, 0.15) is 71.4 Å². The summed E-state index contributed by atoms with van der Waals surface area (Å²) in [6, 6.07) is 12.6. The second kappa shape index (κ2) is 11.1. The molecular weight excluding hydrogens is 516 g/mol. The zero-order valence-electron chi connectivity index (χ0n) is 22.2. The number of hydrazine groups is 1. The molecule has 0 bridgehead atoms. The highest BCUT2D eigenvalue weighted by Crippen LogP contribution is 2.44. The van der Waals surface area contributed by atoms with Gasteiger partial charge < -0.3 is 14.9 Å². The number of fused-ring (bicyclic) bond motifs is 2. The summed E-state index contributed by atoms with van der Waals surface area (Å²) in [6.45, 7) is 2.98. The number of ether oxygens (including phenoxy) is 1. The number of amides is 3. The smallest absolute Gasteiger partial charge is 0.282 e. The number of imide groups is 1. The number of hydrogen-bond acceptors (Lipinski definition) is 9. The Kier molecular flexibility index (Phi) is 7.59. The van der Waals surface area contributed by atoms with Gasteiger partial charge >= 0.3 is 0 Å².